The SMILES string of the molecule is C/C=C(\C=C/Cc1ccccc1)c1c2ccccc2c(-c2cc3ccccc3c3ccccc23)c2cc(-c3ccc4c(c3)C(C)(C)c3ccccc3-4)ccc12. The normalized spacial score (nSPS) is 13.6. The zero-order valence-electron chi connectivity index (χ0n) is 31.6. The molecule has 0 aromatic heterocycles. The van der Waals surface area contributed by atoms with Crippen molar-refractivity contribution in [3.8, 4) is 33.4 Å². The van der Waals surface area contributed by atoms with Crippen molar-refractivity contribution < 1.29 is 0 Å². The van der Waals surface area contributed by atoms with Crippen LogP contribution in [0.15, 0.2) is 188 Å². The lowest BCUT2D eigenvalue weighted by Crippen LogP contribution is -2.14. The van der Waals surface area contributed by atoms with E-state index in [1.165, 1.54) is 104 Å². The van der Waals surface area contributed by atoms with Gasteiger partial charge in [-0.05, 0) is 136 Å². The van der Waals surface area contributed by atoms with Gasteiger partial charge in [0.2, 0.25) is 0 Å². The zero-order valence-corrected chi connectivity index (χ0v) is 31.6. The fourth-order valence-electron chi connectivity index (χ4n) is 9.36. The van der Waals surface area contributed by atoms with E-state index in [1.54, 1.807) is 0 Å². The first kappa shape index (κ1) is 33.1. The Hall–Kier alpha value is -6.50. The van der Waals surface area contributed by atoms with Crippen LogP contribution in [0.4, 0.5) is 0 Å². The van der Waals surface area contributed by atoms with Crippen LogP contribution in [0, 0.1) is 0 Å². The van der Waals surface area contributed by atoms with Crippen molar-refractivity contribution in [3.05, 3.63) is 210 Å². The number of hydrogen-bond acceptors (Lipinski definition) is 0. The molecule has 10 rings (SSSR count). The predicted molar refractivity (Wildman–Crippen MR) is 238 cm³/mol. The van der Waals surface area contributed by atoms with Crippen molar-refractivity contribution in [2.24, 2.45) is 0 Å². The van der Waals surface area contributed by atoms with Gasteiger partial charge in [-0.1, -0.05) is 184 Å². The van der Waals surface area contributed by atoms with Gasteiger partial charge in [0.15, 0.2) is 0 Å². The third kappa shape index (κ3) is 5.36. The molecule has 262 valence electrons. The first-order valence-electron chi connectivity index (χ1n) is 19.5. The lowest BCUT2D eigenvalue weighted by atomic mass is 9.81. The van der Waals surface area contributed by atoms with E-state index >= 15 is 0 Å². The molecule has 9 aromatic rings. The average molecular weight is 703 g/mol. The quantitative estimate of drug-likeness (QED) is 0.0919. The van der Waals surface area contributed by atoms with Gasteiger partial charge < -0.3 is 0 Å². The fraction of sp³-hybridized carbons (Fsp3) is 0.0909. The molecule has 1 aliphatic carbocycles. The summed E-state index contributed by atoms with van der Waals surface area (Å²) < 4.78 is 0. The summed E-state index contributed by atoms with van der Waals surface area (Å²) in [5.74, 6) is 0. The Bertz CT molecular complexity index is 3030. The summed E-state index contributed by atoms with van der Waals surface area (Å²) in [5, 5.41) is 10.2. The molecule has 0 amide bonds. The molecule has 0 bridgehead atoms. The van der Waals surface area contributed by atoms with Gasteiger partial charge in [0.25, 0.3) is 0 Å². The van der Waals surface area contributed by atoms with Crippen molar-refractivity contribution >= 4 is 48.7 Å². The molecule has 0 saturated heterocycles. The second-order valence-corrected chi connectivity index (χ2v) is 15.5. The minimum atomic E-state index is -0.0652. The molecule has 0 N–H and O–H groups in total. The zero-order chi connectivity index (χ0) is 37.1. The third-order valence-corrected chi connectivity index (χ3v) is 12.1. The maximum atomic E-state index is 2.47. The van der Waals surface area contributed by atoms with Crippen molar-refractivity contribution in [2.75, 3.05) is 0 Å². The van der Waals surface area contributed by atoms with Crippen LogP contribution in [-0.4, -0.2) is 0 Å². The van der Waals surface area contributed by atoms with Crippen LogP contribution in [0.5, 0.6) is 0 Å². The molecule has 55 heavy (non-hydrogen) atoms. The van der Waals surface area contributed by atoms with Crippen molar-refractivity contribution in [1.29, 1.82) is 0 Å². The Morgan fingerprint density at radius 1 is 0.473 bits per heavy atom. The van der Waals surface area contributed by atoms with Crippen LogP contribution in [0.2, 0.25) is 0 Å². The van der Waals surface area contributed by atoms with Gasteiger partial charge in [0.05, 0.1) is 0 Å². The summed E-state index contributed by atoms with van der Waals surface area (Å²) in [4.78, 5) is 0. The van der Waals surface area contributed by atoms with Crippen molar-refractivity contribution in [1.82, 2.24) is 0 Å². The number of benzene rings is 9. The van der Waals surface area contributed by atoms with E-state index in [4.69, 9.17) is 0 Å². The Balaban J connectivity index is 1.26. The Morgan fingerprint density at radius 2 is 1.09 bits per heavy atom. The molecule has 1 aliphatic rings. The van der Waals surface area contributed by atoms with E-state index < -0.39 is 0 Å². The molecule has 0 spiro atoms. The summed E-state index contributed by atoms with van der Waals surface area (Å²) in [6, 6.07) is 63.2. The second-order valence-electron chi connectivity index (χ2n) is 15.5. The molecule has 0 atom stereocenters. The Labute approximate surface area is 323 Å². The number of fused-ring (bicyclic) bond motifs is 8. The van der Waals surface area contributed by atoms with Crippen molar-refractivity contribution in [2.45, 2.75) is 32.6 Å². The highest BCUT2D eigenvalue weighted by atomic mass is 14.4. The summed E-state index contributed by atoms with van der Waals surface area (Å²) in [6.45, 7) is 6.91. The van der Waals surface area contributed by atoms with Gasteiger partial charge in [0.1, 0.15) is 0 Å². The van der Waals surface area contributed by atoms with Gasteiger partial charge >= 0.3 is 0 Å². The maximum Gasteiger partial charge on any atom is 0.0159 e. The average Bonchev–Trinajstić information content (AvgIpc) is 3.47. The van der Waals surface area contributed by atoms with Crippen LogP contribution in [0.1, 0.15) is 43.0 Å². The molecule has 9 aromatic carbocycles. The lowest BCUT2D eigenvalue weighted by molar-refractivity contribution is 0.660. The van der Waals surface area contributed by atoms with Gasteiger partial charge in [-0.25, -0.2) is 0 Å². The fourth-order valence-corrected chi connectivity index (χ4v) is 9.36. The van der Waals surface area contributed by atoms with Gasteiger partial charge in [0, 0.05) is 5.41 Å². The van der Waals surface area contributed by atoms with Crippen LogP contribution >= 0.6 is 0 Å². The third-order valence-electron chi connectivity index (χ3n) is 12.1. The van der Waals surface area contributed by atoms with E-state index in [0.29, 0.717) is 0 Å². The molecule has 0 saturated carbocycles. The highest BCUT2D eigenvalue weighted by Crippen LogP contribution is 2.51. The summed E-state index contributed by atoms with van der Waals surface area (Å²) in [6.07, 6.45) is 7.81. The smallest absolute Gasteiger partial charge is 0.0159 e. The molecular weight excluding hydrogens is 661 g/mol. The molecule has 0 aliphatic heterocycles. The molecule has 0 radical (unpaired) electrons. The molecule has 0 heteroatoms. The van der Waals surface area contributed by atoms with E-state index in [2.05, 4.69) is 209 Å². The molecule has 0 unspecified atom stereocenters. The minimum absolute atomic E-state index is 0.0652. The van der Waals surface area contributed by atoms with E-state index in [9.17, 15) is 0 Å². The van der Waals surface area contributed by atoms with Gasteiger partial charge in [-0.2, -0.15) is 0 Å². The monoisotopic (exact) mass is 702 g/mol. The minimum Gasteiger partial charge on any atom is -0.0797 e. The predicted octanol–water partition coefficient (Wildman–Crippen LogP) is 15.1. The summed E-state index contributed by atoms with van der Waals surface area (Å²) in [7, 11) is 0. The first-order valence-corrected chi connectivity index (χ1v) is 19.5. The van der Waals surface area contributed by atoms with Gasteiger partial charge in [-0.3, -0.25) is 0 Å². The molecule has 0 fully saturated rings. The standard InChI is InChI=1S/C55H42/c1-4-37(21-16-19-36-17-6-5-7-18-36)53-46-26-12-13-27-47(46)54(49-34-40-20-8-9-22-41(40)42-23-10-11-24-43(42)49)50-33-38(30-32-48(50)53)39-29-31-45-44-25-14-15-28-51(44)55(2,3)52(45)35-39/h4-18,20-35H,19H2,1-3H3/b21-16-,37-4+. The van der Waals surface area contributed by atoms with Gasteiger partial charge in [-0.15, -0.1) is 0 Å². The highest BCUT2D eigenvalue weighted by Gasteiger charge is 2.35. The van der Waals surface area contributed by atoms with Crippen LogP contribution in [-0.2, 0) is 11.8 Å². The molecule has 0 heterocycles. The molecule has 0 nitrogen and oxygen atoms in total. The van der Waals surface area contributed by atoms with E-state index in [1.807, 2.05) is 0 Å². The van der Waals surface area contributed by atoms with Crippen LogP contribution in [0.25, 0.3) is 82.0 Å². The van der Waals surface area contributed by atoms with Crippen LogP contribution < -0.4 is 0 Å². The topological polar surface area (TPSA) is 0 Å². The first-order chi connectivity index (χ1) is 27.0. The number of rotatable bonds is 6. The highest BCUT2D eigenvalue weighted by molar-refractivity contribution is 6.25. The molecular formula is C55H42. The Kier molecular flexibility index (Phi) is 7.89. The second kappa shape index (κ2) is 13.1. The largest absolute Gasteiger partial charge is 0.0797 e. The van der Waals surface area contributed by atoms with E-state index in [0.717, 1.165) is 6.42 Å². The maximum absolute atomic E-state index is 2.47. The van der Waals surface area contributed by atoms with Crippen molar-refractivity contribution in [3.63, 3.8) is 0 Å². The Morgan fingerprint density at radius 3 is 1.91 bits per heavy atom. The number of hydrogen-bond donors (Lipinski definition) is 0. The number of allylic oxidation sites excluding steroid dienone is 4. The lowest BCUT2D eigenvalue weighted by Gasteiger charge is -2.22. The van der Waals surface area contributed by atoms with E-state index in [-0.39, 0.29) is 5.41 Å². The summed E-state index contributed by atoms with van der Waals surface area (Å²) in [5.41, 5.74) is 14.3. The summed E-state index contributed by atoms with van der Waals surface area (Å²) >= 11 is 0. The van der Waals surface area contributed by atoms with Crippen LogP contribution in [0.3, 0.4) is 0 Å².